The number of nitrogens with two attached hydrogens (primary N) is 2. The summed E-state index contributed by atoms with van der Waals surface area (Å²) in [6.07, 6.45) is 8.06. The van der Waals surface area contributed by atoms with Crippen LogP contribution in [-0.4, -0.2) is 30.8 Å². The number of hydrazine groups is 1. The highest BCUT2D eigenvalue weighted by molar-refractivity contribution is 5.79. The lowest BCUT2D eigenvalue weighted by Gasteiger charge is -2.21. The van der Waals surface area contributed by atoms with Crippen molar-refractivity contribution in [1.29, 1.82) is 5.26 Å². The van der Waals surface area contributed by atoms with Gasteiger partial charge in [-0.15, -0.1) is 0 Å². The third-order valence-corrected chi connectivity index (χ3v) is 4.58. The maximum atomic E-state index is 9.09. The quantitative estimate of drug-likeness (QED) is 0.312. The molecule has 0 aliphatic heterocycles. The molecule has 0 aliphatic rings. The molecule has 0 atom stereocenters. The molecule has 0 bridgehead atoms. The van der Waals surface area contributed by atoms with Crippen LogP contribution in [0, 0.1) is 11.3 Å². The third kappa shape index (κ3) is 4.19. The Bertz CT molecular complexity index is 1320. The second-order valence-electron chi connectivity index (χ2n) is 7.37. The number of nitriles is 1. The monoisotopic (exact) mass is 426 g/mol. The molecular weight excluding hydrogens is 404 g/mol. The minimum atomic E-state index is 0.139. The molecule has 4 rings (SSSR count). The summed E-state index contributed by atoms with van der Waals surface area (Å²) >= 11 is 0. The number of anilines is 2. The number of nitrogens with one attached hydrogen (secondary N) is 1. The predicted molar refractivity (Wildman–Crippen MR) is 123 cm³/mol. The molecule has 5 N–H and O–H groups in total. The fourth-order valence-corrected chi connectivity index (χ4v) is 3.15. The molecular formula is C22H22N10. The largest absolute Gasteiger partial charge is 0.396 e. The van der Waals surface area contributed by atoms with Gasteiger partial charge in [-0.25, -0.2) is 15.8 Å². The minimum absolute atomic E-state index is 0.139. The molecule has 10 heteroatoms. The third-order valence-electron chi connectivity index (χ3n) is 4.58. The van der Waals surface area contributed by atoms with E-state index < -0.39 is 0 Å². The van der Waals surface area contributed by atoms with E-state index in [9.17, 15) is 0 Å². The molecule has 0 saturated heterocycles. The first-order valence-corrected chi connectivity index (χ1v) is 9.89. The zero-order valence-corrected chi connectivity index (χ0v) is 17.6. The molecule has 32 heavy (non-hydrogen) atoms. The minimum Gasteiger partial charge on any atom is -0.396 e. The number of rotatable bonds is 6. The van der Waals surface area contributed by atoms with Crippen molar-refractivity contribution in [2.75, 3.05) is 10.3 Å². The zero-order valence-electron chi connectivity index (χ0n) is 17.6. The van der Waals surface area contributed by atoms with Gasteiger partial charge in [0.05, 0.1) is 40.7 Å². The normalized spacial score (nSPS) is 11.5. The van der Waals surface area contributed by atoms with Gasteiger partial charge >= 0.3 is 0 Å². The number of pyridine rings is 3. The molecule has 0 spiro atoms. The summed E-state index contributed by atoms with van der Waals surface area (Å²) in [5, 5.41) is 19.0. The van der Waals surface area contributed by atoms with Crippen LogP contribution in [0.1, 0.15) is 25.1 Å². The van der Waals surface area contributed by atoms with Crippen molar-refractivity contribution in [1.82, 2.24) is 24.7 Å². The number of hydrogen-bond acceptors (Lipinski definition) is 9. The summed E-state index contributed by atoms with van der Waals surface area (Å²) in [5.74, 6) is 6.86. The van der Waals surface area contributed by atoms with E-state index in [0.717, 1.165) is 11.1 Å². The fraction of sp³-hybridized carbons (Fsp3) is 0.136. The summed E-state index contributed by atoms with van der Waals surface area (Å²) in [5.41, 5.74) is 9.65. The molecule has 0 unspecified atom stereocenters. The molecule has 0 aromatic carbocycles. The van der Waals surface area contributed by atoms with Crippen LogP contribution >= 0.6 is 0 Å². The lowest BCUT2D eigenvalue weighted by Crippen LogP contribution is -2.28. The fourth-order valence-electron chi connectivity index (χ4n) is 3.15. The molecule has 4 aromatic rings. The SMILES string of the molecule is CC(C)Nc1cc(-n2ncc3cc(C#N)cnc32)ncc1N(N)/C=C(\N)c1ccccn1. The van der Waals surface area contributed by atoms with Gasteiger partial charge in [0.15, 0.2) is 11.5 Å². The summed E-state index contributed by atoms with van der Waals surface area (Å²) in [7, 11) is 0. The van der Waals surface area contributed by atoms with E-state index in [2.05, 4.69) is 31.4 Å². The summed E-state index contributed by atoms with van der Waals surface area (Å²) in [6, 6.07) is 11.3. The van der Waals surface area contributed by atoms with Gasteiger partial charge in [0.25, 0.3) is 0 Å². The van der Waals surface area contributed by atoms with Crippen molar-refractivity contribution in [3.05, 3.63) is 72.6 Å². The summed E-state index contributed by atoms with van der Waals surface area (Å²) < 4.78 is 1.62. The average molecular weight is 426 g/mol. The molecule has 0 radical (unpaired) electrons. The number of hydrogen-bond donors (Lipinski definition) is 3. The molecule has 4 aromatic heterocycles. The first-order chi connectivity index (χ1) is 15.5. The van der Waals surface area contributed by atoms with E-state index in [1.54, 1.807) is 35.5 Å². The lowest BCUT2D eigenvalue weighted by molar-refractivity contribution is 0.855. The van der Waals surface area contributed by atoms with Crippen molar-refractivity contribution in [3.8, 4) is 11.9 Å². The van der Waals surface area contributed by atoms with E-state index in [1.165, 1.54) is 11.2 Å². The van der Waals surface area contributed by atoms with Crippen LogP contribution in [0.15, 0.2) is 61.3 Å². The Balaban J connectivity index is 1.73. The molecule has 10 nitrogen and oxygen atoms in total. The molecule has 160 valence electrons. The highest BCUT2D eigenvalue weighted by Crippen LogP contribution is 2.28. The number of aromatic nitrogens is 5. The van der Waals surface area contributed by atoms with E-state index in [4.69, 9.17) is 16.8 Å². The van der Waals surface area contributed by atoms with Crippen molar-refractivity contribution in [2.24, 2.45) is 11.6 Å². The van der Waals surface area contributed by atoms with Crippen LogP contribution in [0.2, 0.25) is 0 Å². The number of fused-ring (bicyclic) bond motifs is 1. The summed E-state index contributed by atoms with van der Waals surface area (Å²) in [4.78, 5) is 13.1. The second kappa shape index (κ2) is 8.71. The Morgan fingerprint density at radius 2 is 2.03 bits per heavy atom. The second-order valence-corrected chi connectivity index (χ2v) is 7.37. The Labute approximate surface area is 184 Å². The standard InChI is InChI=1S/C22H22N10/c1-14(2)30-19-8-21(32-22-16(11-29-32)7-15(9-23)10-28-22)27-12-20(19)31(25)13-17(24)18-5-3-4-6-26-18/h3-8,10-14H,24-25H2,1-2H3,(H,27,30)/b17-13-. The summed E-state index contributed by atoms with van der Waals surface area (Å²) in [6.45, 7) is 4.05. The van der Waals surface area contributed by atoms with Crippen molar-refractivity contribution < 1.29 is 0 Å². The van der Waals surface area contributed by atoms with Crippen molar-refractivity contribution in [3.63, 3.8) is 0 Å². The predicted octanol–water partition coefficient (Wildman–Crippen LogP) is 2.54. The van der Waals surface area contributed by atoms with Gasteiger partial charge in [-0.05, 0) is 32.0 Å². The van der Waals surface area contributed by atoms with Crippen molar-refractivity contribution >= 4 is 28.1 Å². The van der Waals surface area contributed by atoms with Gasteiger partial charge < -0.3 is 11.1 Å². The number of nitrogens with zero attached hydrogens (tertiary/aromatic N) is 7. The van der Waals surface area contributed by atoms with Gasteiger partial charge in [-0.3, -0.25) is 9.99 Å². The van der Waals surface area contributed by atoms with Gasteiger partial charge in [0.2, 0.25) is 0 Å². The van der Waals surface area contributed by atoms with Crippen LogP contribution in [0.3, 0.4) is 0 Å². The molecule has 4 heterocycles. The smallest absolute Gasteiger partial charge is 0.164 e. The Morgan fingerprint density at radius 1 is 1.19 bits per heavy atom. The van der Waals surface area contributed by atoms with E-state index in [1.807, 2.05) is 38.1 Å². The Morgan fingerprint density at radius 3 is 2.75 bits per heavy atom. The topological polar surface area (TPSA) is 148 Å². The molecule has 0 saturated carbocycles. The van der Waals surface area contributed by atoms with Gasteiger partial charge in [-0.1, -0.05) is 6.07 Å². The van der Waals surface area contributed by atoms with Gasteiger partial charge in [-0.2, -0.15) is 15.0 Å². The van der Waals surface area contributed by atoms with E-state index >= 15 is 0 Å². The van der Waals surface area contributed by atoms with Crippen LogP contribution in [0.25, 0.3) is 22.5 Å². The Kier molecular flexibility index (Phi) is 5.65. The maximum Gasteiger partial charge on any atom is 0.164 e. The van der Waals surface area contributed by atoms with E-state index in [0.29, 0.717) is 34.1 Å². The van der Waals surface area contributed by atoms with Gasteiger partial charge in [0, 0.05) is 36.1 Å². The van der Waals surface area contributed by atoms with Crippen LogP contribution < -0.4 is 21.9 Å². The molecule has 0 aliphatic carbocycles. The van der Waals surface area contributed by atoms with Crippen LogP contribution in [-0.2, 0) is 0 Å². The van der Waals surface area contributed by atoms with Gasteiger partial charge in [0.1, 0.15) is 6.07 Å². The first kappa shape index (κ1) is 20.8. The highest BCUT2D eigenvalue weighted by Gasteiger charge is 2.15. The maximum absolute atomic E-state index is 9.09. The van der Waals surface area contributed by atoms with E-state index in [-0.39, 0.29) is 6.04 Å². The average Bonchev–Trinajstić information content (AvgIpc) is 3.22. The Hall–Kier alpha value is -4.49. The molecule has 0 amide bonds. The lowest BCUT2D eigenvalue weighted by atomic mass is 10.2. The molecule has 0 fully saturated rings. The zero-order chi connectivity index (χ0) is 22.7. The van der Waals surface area contributed by atoms with Crippen LogP contribution in [0.5, 0.6) is 0 Å². The highest BCUT2D eigenvalue weighted by atomic mass is 15.4. The first-order valence-electron chi connectivity index (χ1n) is 9.89. The van der Waals surface area contributed by atoms with Crippen LogP contribution in [0.4, 0.5) is 11.4 Å². The van der Waals surface area contributed by atoms with Crippen molar-refractivity contribution in [2.45, 2.75) is 19.9 Å².